The molecule has 1 amide bonds. The van der Waals surface area contributed by atoms with Crippen LogP contribution in [-0.4, -0.2) is 23.0 Å². The first kappa shape index (κ1) is 14.1. The third kappa shape index (κ3) is 3.61. The molecule has 2 aromatic rings. The molecule has 1 aliphatic rings. The zero-order valence-corrected chi connectivity index (χ0v) is 12.9. The molecule has 3 rings (SSSR count). The van der Waals surface area contributed by atoms with Crippen LogP contribution in [0.4, 0.5) is 0 Å². The second kappa shape index (κ2) is 5.85. The average molecular weight is 302 g/mol. The number of carbonyl (C=O) groups excluding carboxylic acids is 1. The first-order chi connectivity index (χ1) is 10.1. The fourth-order valence-electron chi connectivity index (χ4n) is 1.97. The molecule has 1 N–H and O–H groups in total. The highest BCUT2D eigenvalue weighted by Crippen LogP contribution is 2.28. The van der Waals surface area contributed by atoms with Crippen molar-refractivity contribution >= 4 is 17.2 Å². The van der Waals surface area contributed by atoms with E-state index in [1.165, 1.54) is 11.3 Å². The van der Waals surface area contributed by atoms with Crippen molar-refractivity contribution in [2.24, 2.45) is 0 Å². The van der Waals surface area contributed by atoms with E-state index in [1.54, 1.807) is 0 Å². The van der Waals surface area contributed by atoms with Gasteiger partial charge in [-0.15, -0.1) is 11.3 Å². The fourth-order valence-corrected chi connectivity index (χ4v) is 2.77. The van der Waals surface area contributed by atoms with E-state index in [0.29, 0.717) is 11.7 Å². The monoisotopic (exact) mass is 302 g/mol. The number of nitrogens with one attached hydrogen (secondary N) is 1. The van der Waals surface area contributed by atoms with Gasteiger partial charge in [0.15, 0.2) is 0 Å². The molecule has 0 radical (unpaired) electrons. The normalized spacial score (nSPS) is 14.2. The molecule has 5 heteroatoms. The lowest BCUT2D eigenvalue weighted by molar-refractivity contribution is 0.0947. The summed E-state index contributed by atoms with van der Waals surface area (Å²) in [5.41, 5.74) is 1.47. The molecule has 0 saturated heterocycles. The molecule has 0 bridgehead atoms. The second-order valence-electron chi connectivity index (χ2n) is 5.48. The van der Waals surface area contributed by atoms with Gasteiger partial charge >= 0.3 is 0 Å². The molecule has 1 aromatic carbocycles. The van der Waals surface area contributed by atoms with Crippen molar-refractivity contribution in [1.29, 1.82) is 0 Å². The Balaban J connectivity index is 1.77. The van der Waals surface area contributed by atoms with Crippen molar-refractivity contribution in [3.05, 3.63) is 35.3 Å². The summed E-state index contributed by atoms with van der Waals surface area (Å²) in [6.45, 7) is 3.99. The molecule has 4 nitrogen and oxygen atoms in total. The third-order valence-electron chi connectivity index (χ3n) is 3.10. The standard InChI is InChI=1S/C16H18N2O2S/c1-10(2)20-13-5-3-4-11(8-13)16-18-14(9-21-16)15(19)17-12-6-7-12/h3-5,8-10,12H,6-7H2,1-2H3,(H,17,19). The molecule has 110 valence electrons. The summed E-state index contributed by atoms with van der Waals surface area (Å²) in [6, 6.07) is 8.16. The van der Waals surface area contributed by atoms with Crippen LogP contribution in [0.2, 0.25) is 0 Å². The maximum Gasteiger partial charge on any atom is 0.270 e. The molecule has 0 spiro atoms. The Bertz CT molecular complexity index is 647. The van der Waals surface area contributed by atoms with Crippen molar-refractivity contribution in [1.82, 2.24) is 10.3 Å². The largest absolute Gasteiger partial charge is 0.491 e. The number of rotatable bonds is 5. The van der Waals surface area contributed by atoms with Gasteiger partial charge in [0, 0.05) is 17.0 Å². The maximum absolute atomic E-state index is 12.0. The number of benzene rings is 1. The molecule has 1 aliphatic carbocycles. The van der Waals surface area contributed by atoms with E-state index in [4.69, 9.17) is 4.74 Å². The van der Waals surface area contributed by atoms with Crippen LogP contribution in [0.15, 0.2) is 29.6 Å². The minimum absolute atomic E-state index is 0.0745. The van der Waals surface area contributed by atoms with Crippen molar-refractivity contribution < 1.29 is 9.53 Å². The Morgan fingerprint density at radius 3 is 2.95 bits per heavy atom. The van der Waals surface area contributed by atoms with E-state index >= 15 is 0 Å². The Hall–Kier alpha value is -1.88. The molecule has 21 heavy (non-hydrogen) atoms. The number of aromatic nitrogens is 1. The number of hydrogen-bond acceptors (Lipinski definition) is 4. The number of amides is 1. The van der Waals surface area contributed by atoms with Gasteiger partial charge in [0.2, 0.25) is 0 Å². The molecule has 0 atom stereocenters. The van der Waals surface area contributed by atoms with Crippen LogP contribution in [-0.2, 0) is 0 Å². The molecule has 1 aromatic heterocycles. The zero-order valence-electron chi connectivity index (χ0n) is 12.1. The highest BCUT2D eigenvalue weighted by molar-refractivity contribution is 7.13. The quantitative estimate of drug-likeness (QED) is 0.920. The van der Waals surface area contributed by atoms with Crippen LogP contribution in [0.1, 0.15) is 37.2 Å². The number of carbonyl (C=O) groups is 1. The van der Waals surface area contributed by atoms with Crippen molar-refractivity contribution in [2.45, 2.75) is 38.8 Å². The summed E-state index contributed by atoms with van der Waals surface area (Å²) in [5.74, 6) is 0.747. The molecular formula is C16H18N2O2S. The van der Waals surface area contributed by atoms with Crippen molar-refractivity contribution in [2.75, 3.05) is 0 Å². The van der Waals surface area contributed by atoms with E-state index in [-0.39, 0.29) is 12.0 Å². The fraction of sp³-hybridized carbons (Fsp3) is 0.375. The Morgan fingerprint density at radius 2 is 2.24 bits per heavy atom. The van der Waals surface area contributed by atoms with Gasteiger partial charge in [-0.2, -0.15) is 0 Å². The summed E-state index contributed by atoms with van der Waals surface area (Å²) >= 11 is 1.48. The van der Waals surface area contributed by atoms with Crippen LogP contribution in [0.3, 0.4) is 0 Å². The molecule has 0 aliphatic heterocycles. The molecule has 1 saturated carbocycles. The highest BCUT2D eigenvalue weighted by atomic mass is 32.1. The van der Waals surface area contributed by atoms with Crippen LogP contribution in [0, 0.1) is 0 Å². The van der Waals surface area contributed by atoms with Gasteiger partial charge in [-0.25, -0.2) is 4.98 Å². The van der Waals surface area contributed by atoms with Crippen molar-refractivity contribution in [3.63, 3.8) is 0 Å². The maximum atomic E-state index is 12.0. The Labute approximate surface area is 128 Å². The lowest BCUT2D eigenvalue weighted by Crippen LogP contribution is -2.25. The predicted molar refractivity (Wildman–Crippen MR) is 83.8 cm³/mol. The lowest BCUT2D eigenvalue weighted by atomic mass is 10.2. The van der Waals surface area contributed by atoms with Crippen molar-refractivity contribution in [3.8, 4) is 16.3 Å². The third-order valence-corrected chi connectivity index (χ3v) is 3.99. The van der Waals surface area contributed by atoms with E-state index in [0.717, 1.165) is 29.2 Å². The molecular weight excluding hydrogens is 284 g/mol. The summed E-state index contributed by atoms with van der Waals surface area (Å²) in [7, 11) is 0. The summed E-state index contributed by atoms with van der Waals surface area (Å²) in [5, 5.41) is 5.60. The van der Waals surface area contributed by atoms with Crippen LogP contribution >= 0.6 is 11.3 Å². The van der Waals surface area contributed by atoms with Crippen LogP contribution in [0.5, 0.6) is 5.75 Å². The van der Waals surface area contributed by atoms with Gasteiger partial charge in [-0.05, 0) is 38.8 Å². The summed E-state index contributed by atoms with van der Waals surface area (Å²) in [6.07, 6.45) is 2.30. The smallest absolute Gasteiger partial charge is 0.270 e. The Morgan fingerprint density at radius 1 is 1.43 bits per heavy atom. The highest BCUT2D eigenvalue weighted by Gasteiger charge is 2.24. The number of thiazole rings is 1. The predicted octanol–water partition coefficient (Wildman–Crippen LogP) is 3.49. The second-order valence-corrected chi connectivity index (χ2v) is 6.34. The van der Waals surface area contributed by atoms with Gasteiger partial charge in [-0.1, -0.05) is 12.1 Å². The van der Waals surface area contributed by atoms with Gasteiger partial charge < -0.3 is 10.1 Å². The van der Waals surface area contributed by atoms with E-state index in [9.17, 15) is 4.79 Å². The topological polar surface area (TPSA) is 51.2 Å². The zero-order chi connectivity index (χ0) is 14.8. The summed E-state index contributed by atoms with van der Waals surface area (Å²) < 4.78 is 5.69. The van der Waals surface area contributed by atoms with Gasteiger partial charge in [-0.3, -0.25) is 4.79 Å². The van der Waals surface area contributed by atoms with Crippen LogP contribution < -0.4 is 10.1 Å². The van der Waals surface area contributed by atoms with Gasteiger partial charge in [0.1, 0.15) is 16.5 Å². The van der Waals surface area contributed by atoms with E-state index in [1.807, 2.05) is 43.5 Å². The number of nitrogens with zero attached hydrogens (tertiary/aromatic N) is 1. The summed E-state index contributed by atoms with van der Waals surface area (Å²) in [4.78, 5) is 16.4. The molecule has 1 heterocycles. The Kier molecular flexibility index (Phi) is 3.92. The number of hydrogen-bond donors (Lipinski definition) is 1. The minimum atomic E-state index is -0.0745. The minimum Gasteiger partial charge on any atom is -0.491 e. The number of ether oxygens (including phenoxy) is 1. The lowest BCUT2D eigenvalue weighted by Gasteiger charge is -2.10. The van der Waals surface area contributed by atoms with E-state index < -0.39 is 0 Å². The van der Waals surface area contributed by atoms with Crippen LogP contribution in [0.25, 0.3) is 10.6 Å². The SMILES string of the molecule is CC(C)Oc1cccc(-c2nc(C(=O)NC3CC3)cs2)c1. The first-order valence-electron chi connectivity index (χ1n) is 7.15. The molecule has 1 fully saturated rings. The van der Waals surface area contributed by atoms with Gasteiger partial charge in [0.05, 0.1) is 6.10 Å². The first-order valence-corrected chi connectivity index (χ1v) is 8.03. The average Bonchev–Trinajstić information content (AvgIpc) is 3.11. The molecule has 0 unspecified atom stereocenters. The van der Waals surface area contributed by atoms with Gasteiger partial charge in [0.25, 0.3) is 5.91 Å². The van der Waals surface area contributed by atoms with E-state index in [2.05, 4.69) is 10.3 Å².